The van der Waals surface area contributed by atoms with Crippen LogP contribution in [0.3, 0.4) is 0 Å². The molecule has 0 fully saturated rings. The molecule has 0 saturated carbocycles. The van der Waals surface area contributed by atoms with Crippen LogP contribution in [0.1, 0.15) is 38.8 Å². The maximum absolute atomic E-state index is 12.6. The van der Waals surface area contributed by atoms with E-state index < -0.39 is 6.04 Å². The topological polar surface area (TPSA) is 78.3 Å². The van der Waals surface area contributed by atoms with Crippen LogP contribution in [-0.2, 0) is 9.53 Å². The second-order valence-electron chi connectivity index (χ2n) is 5.70. The summed E-state index contributed by atoms with van der Waals surface area (Å²) in [7, 11) is 0. The molecule has 0 amide bonds. The monoisotopic (exact) mass is 342 g/mol. The summed E-state index contributed by atoms with van der Waals surface area (Å²) in [6.07, 6.45) is 2.36. The summed E-state index contributed by atoms with van der Waals surface area (Å²) in [6, 6.07) is 7.23. The highest BCUT2D eigenvalue weighted by molar-refractivity contribution is 5.92. The van der Waals surface area contributed by atoms with Gasteiger partial charge < -0.3 is 14.8 Å². The first kappa shape index (κ1) is 17.0. The van der Waals surface area contributed by atoms with E-state index in [1.807, 2.05) is 31.2 Å². The van der Waals surface area contributed by atoms with Crippen LogP contribution in [-0.4, -0.2) is 33.9 Å². The normalized spacial score (nSPS) is 16.2. The lowest BCUT2D eigenvalue weighted by molar-refractivity contribution is -0.139. The number of esters is 1. The molecular weight excluding hydrogens is 320 g/mol. The largest absolute Gasteiger partial charge is 0.493 e. The zero-order chi connectivity index (χ0) is 17.8. The third-order valence-corrected chi connectivity index (χ3v) is 3.97. The van der Waals surface area contributed by atoms with Gasteiger partial charge in [-0.25, -0.2) is 9.48 Å². The summed E-state index contributed by atoms with van der Waals surface area (Å²) in [4.78, 5) is 16.9. The SMILES string of the molecule is CCCOc1ccccc1C1C(C(=O)OCC)=C(C)Nc2ncnn21. The van der Waals surface area contributed by atoms with Crippen molar-refractivity contribution >= 4 is 11.9 Å². The lowest BCUT2D eigenvalue weighted by Gasteiger charge is -2.29. The van der Waals surface area contributed by atoms with Gasteiger partial charge in [-0.1, -0.05) is 25.1 Å². The van der Waals surface area contributed by atoms with Gasteiger partial charge in [0.1, 0.15) is 18.1 Å². The second kappa shape index (κ2) is 7.38. The van der Waals surface area contributed by atoms with Crippen molar-refractivity contribution in [2.45, 2.75) is 33.2 Å². The average Bonchev–Trinajstić information content (AvgIpc) is 3.07. The minimum absolute atomic E-state index is 0.306. The molecule has 132 valence electrons. The van der Waals surface area contributed by atoms with Gasteiger partial charge in [-0.05, 0) is 26.3 Å². The third-order valence-electron chi connectivity index (χ3n) is 3.97. The Kier molecular flexibility index (Phi) is 5.02. The molecule has 7 nitrogen and oxygen atoms in total. The Labute approximate surface area is 146 Å². The van der Waals surface area contributed by atoms with Gasteiger partial charge in [-0.3, -0.25) is 0 Å². The lowest BCUT2D eigenvalue weighted by atomic mass is 9.95. The second-order valence-corrected chi connectivity index (χ2v) is 5.70. The molecule has 0 aliphatic carbocycles. The standard InChI is InChI=1S/C18H22N4O3/c1-4-10-25-14-9-7-6-8-13(14)16-15(17(23)24-5-2)12(3)21-18-19-11-20-22(16)18/h6-9,11,16H,4-5,10H2,1-3H3,(H,19,20,21). The van der Waals surface area contributed by atoms with Crippen LogP contribution in [0.2, 0.25) is 0 Å². The van der Waals surface area contributed by atoms with Gasteiger partial charge in [-0.2, -0.15) is 10.1 Å². The molecular formula is C18H22N4O3. The zero-order valence-electron chi connectivity index (χ0n) is 14.7. The summed E-state index contributed by atoms with van der Waals surface area (Å²) in [5.74, 6) is 0.942. The quantitative estimate of drug-likeness (QED) is 0.813. The molecule has 2 aromatic rings. The van der Waals surface area contributed by atoms with Crippen LogP contribution in [0.4, 0.5) is 5.95 Å². The minimum Gasteiger partial charge on any atom is -0.493 e. The molecule has 3 rings (SSSR count). The number of allylic oxidation sites excluding steroid dienone is 1. The Bertz CT molecular complexity index is 797. The fraction of sp³-hybridized carbons (Fsp3) is 0.389. The number of carbonyl (C=O) groups excluding carboxylic acids is 1. The smallest absolute Gasteiger partial charge is 0.338 e. The van der Waals surface area contributed by atoms with Crippen molar-refractivity contribution in [3.8, 4) is 5.75 Å². The third kappa shape index (κ3) is 3.22. The van der Waals surface area contributed by atoms with Gasteiger partial charge in [0.05, 0.1) is 18.8 Å². The van der Waals surface area contributed by atoms with Crippen molar-refractivity contribution < 1.29 is 14.3 Å². The van der Waals surface area contributed by atoms with Crippen LogP contribution in [0.15, 0.2) is 41.9 Å². The molecule has 1 N–H and O–H groups in total. The molecule has 7 heteroatoms. The van der Waals surface area contributed by atoms with Crippen molar-refractivity contribution in [2.24, 2.45) is 0 Å². The van der Waals surface area contributed by atoms with E-state index in [0.29, 0.717) is 30.4 Å². The van der Waals surface area contributed by atoms with E-state index >= 15 is 0 Å². The highest BCUT2D eigenvalue weighted by atomic mass is 16.5. The van der Waals surface area contributed by atoms with Gasteiger partial charge in [0.25, 0.3) is 0 Å². The number of aromatic nitrogens is 3. The average molecular weight is 342 g/mol. The Hall–Kier alpha value is -2.83. The van der Waals surface area contributed by atoms with Crippen molar-refractivity contribution in [1.82, 2.24) is 14.8 Å². The molecule has 1 atom stereocenters. The first-order chi connectivity index (χ1) is 12.2. The molecule has 0 radical (unpaired) electrons. The van der Waals surface area contributed by atoms with E-state index in [2.05, 4.69) is 22.3 Å². The fourth-order valence-electron chi connectivity index (χ4n) is 2.90. The van der Waals surface area contributed by atoms with E-state index in [0.717, 1.165) is 17.7 Å². The number of nitrogens with zero attached hydrogens (tertiary/aromatic N) is 3. The maximum atomic E-state index is 12.6. The highest BCUT2D eigenvalue weighted by Crippen LogP contribution is 2.39. The Morgan fingerprint density at radius 2 is 2.12 bits per heavy atom. The van der Waals surface area contributed by atoms with Crippen molar-refractivity contribution in [1.29, 1.82) is 0 Å². The summed E-state index contributed by atoms with van der Waals surface area (Å²) in [5, 5.41) is 7.43. The first-order valence-corrected chi connectivity index (χ1v) is 8.43. The highest BCUT2D eigenvalue weighted by Gasteiger charge is 2.35. The Morgan fingerprint density at radius 1 is 1.32 bits per heavy atom. The summed E-state index contributed by atoms with van der Waals surface area (Å²) in [6.45, 7) is 6.59. The van der Waals surface area contributed by atoms with E-state index in [1.54, 1.807) is 11.6 Å². The van der Waals surface area contributed by atoms with Gasteiger partial charge in [0.2, 0.25) is 5.95 Å². The molecule has 0 bridgehead atoms. The number of hydrogen-bond acceptors (Lipinski definition) is 6. The molecule has 1 unspecified atom stereocenters. The predicted octanol–water partition coefficient (Wildman–Crippen LogP) is 2.92. The Balaban J connectivity index is 2.12. The fourth-order valence-corrected chi connectivity index (χ4v) is 2.90. The number of ether oxygens (including phenoxy) is 2. The molecule has 25 heavy (non-hydrogen) atoms. The number of nitrogens with one attached hydrogen (secondary N) is 1. The molecule has 0 saturated heterocycles. The number of para-hydroxylation sites is 1. The van der Waals surface area contributed by atoms with Gasteiger partial charge >= 0.3 is 5.97 Å². The van der Waals surface area contributed by atoms with Gasteiger partial charge in [-0.15, -0.1) is 0 Å². The molecule has 0 spiro atoms. The summed E-state index contributed by atoms with van der Waals surface area (Å²) < 4.78 is 12.9. The molecule has 1 aromatic carbocycles. The molecule has 2 heterocycles. The number of rotatable bonds is 6. The van der Waals surface area contributed by atoms with Crippen LogP contribution >= 0.6 is 0 Å². The first-order valence-electron chi connectivity index (χ1n) is 8.43. The van der Waals surface area contributed by atoms with Crippen molar-refractivity contribution in [3.05, 3.63) is 47.4 Å². The minimum atomic E-state index is -0.453. The van der Waals surface area contributed by atoms with Crippen molar-refractivity contribution in [2.75, 3.05) is 18.5 Å². The summed E-state index contributed by atoms with van der Waals surface area (Å²) >= 11 is 0. The number of fused-ring (bicyclic) bond motifs is 1. The van der Waals surface area contributed by atoms with E-state index in [-0.39, 0.29) is 5.97 Å². The van der Waals surface area contributed by atoms with Crippen LogP contribution in [0.25, 0.3) is 0 Å². The van der Waals surface area contributed by atoms with Gasteiger partial charge in [0.15, 0.2) is 0 Å². The van der Waals surface area contributed by atoms with Crippen LogP contribution in [0, 0.1) is 0 Å². The molecule has 1 aliphatic rings. The summed E-state index contributed by atoms with van der Waals surface area (Å²) in [5.41, 5.74) is 2.06. The number of anilines is 1. The zero-order valence-corrected chi connectivity index (χ0v) is 14.7. The number of hydrogen-bond donors (Lipinski definition) is 1. The molecule has 1 aliphatic heterocycles. The van der Waals surface area contributed by atoms with Crippen LogP contribution in [0.5, 0.6) is 5.75 Å². The Morgan fingerprint density at radius 3 is 2.88 bits per heavy atom. The number of carbonyl (C=O) groups is 1. The maximum Gasteiger partial charge on any atom is 0.338 e. The molecule has 1 aromatic heterocycles. The van der Waals surface area contributed by atoms with E-state index in [1.165, 1.54) is 6.33 Å². The lowest BCUT2D eigenvalue weighted by Crippen LogP contribution is -2.30. The predicted molar refractivity (Wildman–Crippen MR) is 93.3 cm³/mol. The van der Waals surface area contributed by atoms with E-state index in [9.17, 15) is 4.79 Å². The van der Waals surface area contributed by atoms with Crippen LogP contribution < -0.4 is 10.1 Å². The van der Waals surface area contributed by atoms with Crippen molar-refractivity contribution in [3.63, 3.8) is 0 Å². The van der Waals surface area contributed by atoms with E-state index in [4.69, 9.17) is 9.47 Å². The number of benzene rings is 1. The van der Waals surface area contributed by atoms with Gasteiger partial charge in [0, 0.05) is 11.3 Å².